The molecule has 0 aliphatic heterocycles. The molecular weight excluding hydrogens is 357 g/mol. The van der Waals surface area contributed by atoms with Crippen molar-refractivity contribution < 1.29 is 13.2 Å². The molecule has 132 valence electrons. The van der Waals surface area contributed by atoms with Gasteiger partial charge in [-0.3, -0.25) is 0 Å². The third-order valence-electron chi connectivity index (χ3n) is 3.54. The Morgan fingerprint density at radius 2 is 1.96 bits per heavy atom. The zero-order valence-corrected chi connectivity index (χ0v) is 14.1. The molecule has 2 heterocycles. The number of nitrogens with zero attached hydrogens (tertiary/aromatic N) is 5. The van der Waals surface area contributed by atoms with Gasteiger partial charge < -0.3 is 15.2 Å². The van der Waals surface area contributed by atoms with Crippen LogP contribution in [0.25, 0.3) is 11.2 Å². The smallest absolute Gasteiger partial charge is 0.398 e. The maximum Gasteiger partial charge on any atom is 0.451 e. The van der Waals surface area contributed by atoms with Crippen molar-refractivity contribution >= 4 is 34.3 Å². The van der Waals surface area contributed by atoms with E-state index in [1.807, 2.05) is 0 Å². The van der Waals surface area contributed by atoms with Crippen molar-refractivity contribution in [2.75, 3.05) is 24.7 Å². The van der Waals surface area contributed by atoms with Crippen LogP contribution in [0.1, 0.15) is 11.4 Å². The van der Waals surface area contributed by atoms with Crippen molar-refractivity contribution in [2.45, 2.75) is 12.7 Å². The molecule has 0 saturated heterocycles. The van der Waals surface area contributed by atoms with Gasteiger partial charge in [-0.25, -0.2) is 15.0 Å². The molecule has 0 aliphatic rings. The summed E-state index contributed by atoms with van der Waals surface area (Å²) in [6.07, 6.45) is -3.23. The molecule has 2 N–H and O–H groups in total. The fourth-order valence-electron chi connectivity index (χ4n) is 2.37. The van der Waals surface area contributed by atoms with Crippen LogP contribution in [-0.2, 0) is 12.7 Å². The summed E-state index contributed by atoms with van der Waals surface area (Å²) >= 11 is 5.89. The van der Waals surface area contributed by atoms with Crippen LogP contribution < -0.4 is 10.6 Å². The van der Waals surface area contributed by atoms with Crippen LogP contribution in [-0.4, -0.2) is 33.6 Å². The topological polar surface area (TPSA) is 72.9 Å². The van der Waals surface area contributed by atoms with Gasteiger partial charge in [-0.1, -0.05) is 17.7 Å². The molecule has 0 unspecified atom stereocenters. The molecule has 2 aromatic heterocycles. The third-order valence-corrected chi connectivity index (χ3v) is 3.88. The van der Waals surface area contributed by atoms with Gasteiger partial charge in [0.15, 0.2) is 17.0 Å². The van der Waals surface area contributed by atoms with Crippen molar-refractivity contribution in [3.63, 3.8) is 0 Å². The Bertz CT molecular complexity index is 935. The predicted molar refractivity (Wildman–Crippen MR) is 89.6 cm³/mol. The quantitative estimate of drug-likeness (QED) is 0.717. The number of alkyl halides is 3. The van der Waals surface area contributed by atoms with Gasteiger partial charge in [0.25, 0.3) is 0 Å². The van der Waals surface area contributed by atoms with Crippen molar-refractivity contribution in [1.29, 1.82) is 0 Å². The molecule has 3 rings (SSSR count). The van der Waals surface area contributed by atoms with Crippen LogP contribution in [0.4, 0.5) is 24.7 Å². The lowest BCUT2D eigenvalue weighted by Gasteiger charge is -2.14. The van der Waals surface area contributed by atoms with Gasteiger partial charge in [0.1, 0.15) is 0 Å². The van der Waals surface area contributed by atoms with E-state index >= 15 is 0 Å². The first-order chi connectivity index (χ1) is 11.7. The summed E-state index contributed by atoms with van der Waals surface area (Å²) in [6.45, 7) is 0.249. The number of hydrogen-bond donors (Lipinski definition) is 1. The molecule has 0 aliphatic carbocycles. The summed E-state index contributed by atoms with van der Waals surface area (Å²) in [5.41, 5.74) is 7.31. The van der Waals surface area contributed by atoms with Gasteiger partial charge in [-0.2, -0.15) is 13.2 Å². The van der Waals surface area contributed by atoms with Crippen LogP contribution >= 0.6 is 11.6 Å². The Kier molecular flexibility index (Phi) is 4.19. The van der Waals surface area contributed by atoms with E-state index in [4.69, 9.17) is 17.3 Å². The number of anilines is 2. The Morgan fingerprint density at radius 1 is 1.24 bits per heavy atom. The second kappa shape index (κ2) is 6.07. The van der Waals surface area contributed by atoms with Gasteiger partial charge in [0.05, 0.1) is 23.6 Å². The van der Waals surface area contributed by atoms with Crippen LogP contribution in [0.2, 0.25) is 5.02 Å². The lowest BCUT2D eigenvalue weighted by Crippen LogP contribution is -2.18. The van der Waals surface area contributed by atoms with E-state index in [9.17, 15) is 13.2 Å². The molecule has 0 saturated carbocycles. The molecular formula is C15H14ClF3N6. The molecule has 0 bridgehead atoms. The first-order valence-electron chi connectivity index (χ1n) is 7.18. The average molecular weight is 371 g/mol. The van der Waals surface area contributed by atoms with E-state index in [-0.39, 0.29) is 18.0 Å². The summed E-state index contributed by atoms with van der Waals surface area (Å²) in [7, 11) is 3.20. The molecule has 10 heteroatoms. The molecule has 0 fully saturated rings. The largest absolute Gasteiger partial charge is 0.451 e. The molecule has 6 nitrogen and oxygen atoms in total. The summed E-state index contributed by atoms with van der Waals surface area (Å²) in [6, 6.07) is 5.03. The lowest BCUT2D eigenvalue weighted by molar-refractivity contribution is -0.144. The minimum atomic E-state index is -4.65. The molecule has 1 aromatic carbocycles. The van der Waals surface area contributed by atoms with E-state index < -0.39 is 12.0 Å². The summed E-state index contributed by atoms with van der Waals surface area (Å²) in [5.74, 6) is -1.10. The van der Waals surface area contributed by atoms with E-state index in [2.05, 4.69) is 15.0 Å². The zero-order chi connectivity index (χ0) is 18.4. The maximum atomic E-state index is 13.1. The number of nitrogens with two attached hydrogens (primary N) is 1. The van der Waals surface area contributed by atoms with Crippen molar-refractivity contribution in [3.8, 4) is 0 Å². The van der Waals surface area contributed by atoms with Crippen LogP contribution in [0.5, 0.6) is 0 Å². The van der Waals surface area contributed by atoms with E-state index in [1.54, 1.807) is 32.3 Å². The first-order valence-corrected chi connectivity index (χ1v) is 7.56. The first kappa shape index (κ1) is 17.3. The van der Waals surface area contributed by atoms with Crippen molar-refractivity contribution in [1.82, 2.24) is 19.5 Å². The highest BCUT2D eigenvalue weighted by Gasteiger charge is 2.36. The lowest BCUT2D eigenvalue weighted by atomic mass is 10.2. The van der Waals surface area contributed by atoms with Gasteiger partial charge >= 0.3 is 6.18 Å². The second-order valence-electron chi connectivity index (χ2n) is 5.66. The summed E-state index contributed by atoms with van der Waals surface area (Å²) < 4.78 is 40.9. The number of halogens is 4. The fourth-order valence-corrected chi connectivity index (χ4v) is 2.49. The second-order valence-corrected chi connectivity index (χ2v) is 6.07. The van der Waals surface area contributed by atoms with Crippen LogP contribution in [0.15, 0.2) is 24.5 Å². The Balaban J connectivity index is 2.13. The summed E-state index contributed by atoms with van der Waals surface area (Å²) in [5, 5.41) is 0.413. The molecule has 3 aromatic rings. The van der Waals surface area contributed by atoms with Crippen LogP contribution in [0.3, 0.4) is 0 Å². The van der Waals surface area contributed by atoms with Crippen molar-refractivity contribution in [2.24, 2.45) is 0 Å². The molecule has 0 atom stereocenters. The number of imidazole rings is 1. The minimum absolute atomic E-state index is 0.0968. The number of fused-ring (bicyclic) bond motifs is 1. The summed E-state index contributed by atoms with van der Waals surface area (Å²) in [4.78, 5) is 12.9. The maximum absolute atomic E-state index is 13.1. The molecule has 0 radical (unpaired) electrons. The Labute approximate surface area is 146 Å². The zero-order valence-electron chi connectivity index (χ0n) is 13.3. The Morgan fingerprint density at radius 3 is 2.56 bits per heavy atom. The van der Waals surface area contributed by atoms with Crippen LogP contribution in [0, 0.1) is 0 Å². The van der Waals surface area contributed by atoms with E-state index in [0.29, 0.717) is 16.2 Å². The van der Waals surface area contributed by atoms with E-state index in [1.165, 1.54) is 15.8 Å². The molecule has 0 spiro atoms. The highest BCUT2D eigenvalue weighted by molar-refractivity contribution is 6.33. The molecule has 0 amide bonds. The minimum Gasteiger partial charge on any atom is -0.398 e. The number of benzene rings is 1. The molecule has 25 heavy (non-hydrogen) atoms. The standard InChI is InChI=1S/C15H14ClF3N6/c1-24(2)12-11-13(23-14(22-12)15(17,18)19)25(7-21-11)6-8-3-4-9(16)10(20)5-8/h3-5,7H,6,20H2,1-2H3. The monoisotopic (exact) mass is 370 g/mol. The number of nitrogen functional groups attached to an aromatic ring is 1. The highest BCUT2D eigenvalue weighted by atomic mass is 35.5. The number of rotatable bonds is 3. The highest BCUT2D eigenvalue weighted by Crippen LogP contribution is 2.31. The number of aromatic nitrogens is 4. The predicted octanol–water partition coefficient (Wildman–Crippen LogP) is 3.20. The van der Waals surface area contributed by atoms with Gasteiger partial charge in [0, 0.05) is 14.1 Å². The Hall–Kier alpha value is -2.55. The normalized spacial score (nSPS) is 11.9. The van der Waals surface area contributed by atoms with Gasteiger partial charge in [-0.05, 0) is 17.7 Å². The van der Waals surface area contributed by atoms with Gasteiger partial charge in [-0.15, -0.1) is 0 Å². The third kappa shape index (κ3) is 3.32. The van der Waals surface area contributed by atoms with Gasteiger partial charge in [0.2, 0.25) is 5.82 Å². The van der Waals surface area contributed by atoms with Crippen molar-refractivity contribution in [3.05, 3.63) is 40.9 Å². The SMILES string of the molecule is CN(C)c1nc(C(F)(F)F)nc2c1ncn2Cc1ccc(Cl)c(N)c1. The van der Waals surface area contributed by atoms with E-state index in [0.717, 1.165) is 5.56 Å². The number of hydrogen-bond acceptors (Lipinski definition) is 5. The average Bonchev–Trinajstić information content (AvgIpc) is 2.92. The fraction of sp³-hybridized carbons (Fsp3) is 0.267.